The van der Waals surface area contributed by atoms with Crippen LogP contribution in [0.2, 0.25) is 5.02 Å². The molecule has 1 rings (SSSR count). The van der Waals surface area contributed by atoms with Crippen molar-refractivity contribution >= 4 is 23.2 Å². The molecule has 0 bridgehead atoms. The molecule has 78 valence electrons. The van der Waals surface area contributed by atoms with Crippen molar-refractivity contribution in [3.05, 3.63) is 28.8 Å². The maximum atomic E-state index is 10.6. The summed E-state index contributed by atoms with van der Waals surface area (Å²) >= 11 is 5.89. The summed E-state index contributed by atoms with van der Waals surface area (Å²) in [6.45, 7) is 1.75. The maximum absolute atomic E-state index is 10.6. The molecule has 1 aromatic carbocycles. The number of anilines is 1. The molecule has 0 fully saturated rings. The summed E-state index contributed by atoms with van der Waals surface area (Å²) in [4.78, 5) is 10.6. The van der Waals surface area contributed by atoms with Gasteiger partial charge in [0.2, 0.25) is 5.91 Å². The number of nitrogens with two attached hydrogens (primary N) is 1. The standard InChI is InChI=1S/C11H11ClN2O/c1-8(15)14-6-2-3-9-7-10(13)4-5-11(9)12/h4-5,7H,6,13H2,1H3,(H,14,15). The van der Waals surface area contributed by atoms with Gasteiger partial charge in [0.25, 0.3) is 0 Å². The summed E-state index contributed by atoms with van der Waals surface area (Å²) in [6.07, 6.45) is 0. The van der Waals surface area contributed by atoms with Crippen LogP contribution in [-0.2, 0) is 4.79 Å². The van der Waals surface area contributed by atoms with Crippen molar-refractivity contribution in [2.75, 3.05) is 12.3 Å². The van der Waals surface area contributed by atoms with E-state index >= 15 is 0 Å². The first-order valence-corrected chi connectivity index (χ1v) is 4.75. The lowest BCUT2D eigenvalue weighted by molar-refractivity contribution is -0.118. The number of rotatable bonds is 1. The van der Waals surface area contributed by atoms with Crippen molar-refractivity contribution in [3.8, 4) is 11.8 Å². The predicted molar refractivity (Wildman–Crippen MR) is 61.4 cm³/mol. The Morgan fingerprint density at radius 3 is 3.00 bits per heavy atom. The van der Waals surface area contributed by atoms with Gasteiger partial charge in [-0.1, -0.05) is 23.4 Å². The van der Waals surface area contributed by atoms with E-state index in [1.807, 2.05) is 0 Å². The van der Waals surface area contributed by atoms with Gasteiger partial charge in [-0.2, -0.15) is 0 Å². The van der Waals surface area contributed by atoms with Gasteiger partial charge in [-0.15, -0.1) is 0 Å². The van der Waals surface area contributed by atoms with E-state index in [9.17, 15) is 4.79 Å². The number of hydrogen-bond donors (Lipinski definition) is 2. The lowest BCUT2D eigenvalue weighted by Crippen LogP contribution is -2.19. The van der Waals surface area contributed by atoms with E-state index in [-0.39, 0.29) is 5.91 Å². The Labute approximate surface area is 93.6 Å². The molecular weight excluding hydrogens is 212 g/mol. The van der Waals surface area contributed by atoms with Gasteiger partial charge in [0.15, 0.2) is 0 Å². The van der Waals surface area contributed by atoms with Gasteiger partial charge in [0, 0.05) is 18.2 Å². The second kappa shape index (κ2) is 5.28. The molecule has 15 heavy (non-hydrogen) atoms. The van der Waals surface area contributed by atoms with Crippen LogP contribution in [0, 0.1) is 11.8 Å². The number of carbonyl (C=O) groups is 1. The Balaban J connectivity index is 2.71. The van der Waals surface area contributed by atoms with Gasteiger partial charge in [0.1, 0.15) is 0 Å². The van der Waals surface area contributed by atoms with E-state index in [1.54, 1.807) is 18.2 Å². The van der Waals surface area contributed by atoms with Crippen LogP contribution in [0.5, 0.6) is 0 Å². The minimum absolute atomic E-state index is 0.108. The summed E-state index contributed by atoms with van der Waals surface area (Å²) in [6, 6.07) is 5.10. The van der Waals surface area contributed by atoms with Gasteiger partial charge < -0.3 is 11.1 Å². The van der Waals surface area contributed by atoms with E-state index in [0.29, 0.717) is 22.8 Å². The third kappa shape index (κ3) is 3.92. The van der Waals surface area contributed by atoms with Gasteiger partial charge in [-0.05, 0) is 18.2 Å². The van der Waals surface area contributed by atoms with Crippen LogP contribution in [0.3, 0.4) is 0 Å². The minimum atomic E-state index is -0.108. The van der Waals surface area contributed by atoms with Crippen molar-refractivity contribution in [2.24, 2.45) is 0 Å². The Bertz CT molecular complexity index is 432. The van der Waals surface area contributed by atoms with E-state index in [0.717, 1.165) is 0 Å². The quantitative estimate of drug-likeness (QED) is 0.558. The molecular formula is C11H11ClN2O. The van der Waals surface area contributed by atoms with Crippen molar-refractivity contribution in [2.45, 2.75) is 6.92 Å². The largest absolute Gasteiger partial charge is 0.399 e. The highest BCUT2D eigenvalue weighted by Crippen LogP contribution is 2.17. The Morgan fingerprint density at radius 2 is 2.33 bits per heavy atom. The summed E-state index contributed by atoms with van der Waals surface area (Å²) in [5.74, 6) is 5.50. The van der Waals surface area contributed by atoms with Gasteiger partial charge in [-0.25, -0.2) is 0 Å². The Hall–Kier alpha value is -1.66. The fourth-order valence-electron chi connectivity index (χ4n) is 0.947. The topological polar surface area (TPSA) is 55.1 Å². The fourth-order valence-corrected chi connectivity index (χ4v) is 1.11. The highest BCUT2D eigenvalue weighted by Gasteiger charge is 1.96. The number of nitrogen functional groups attached to an aromatic ring is 1. The molecule has 3 N–H and O–H groups in total. The normalized spacial score (nSPS) is 8.93. The fraction of sp³-hybridized carbons (Fsp3) is 0.182. The SMILES string of the molecule is CC(=O)NCC#Cc1cc(N)ccc1Cl. The number of nitrogens with one attached hydrogen (secondary N) is 1. The zero-order chi connectivity index (χ0) is 11.3. The van der Waals surface area contributed by atoms with Crippen LogP contribution in [0.15, 0.2) is 18.2 Å². The number of benzene rings is 1. The molecule has 3 nitrogen and oxygen atoms in total. The second-order valence-corrected chi connectivity index (χ2v) is 3.36. The molecule has 0 aliphatic heterocycles. The third-order valence-electron chi connectivity index (χ3n) is 1.64. The van der Waals surface area contributed by atoms with Crippen molar-refractivity contribution in [1.29, 1.82) is 0 Å². The van der Waals surface area contributed by atoms with Gasteiger partial charge >= 0.3 is 0 Å². The number of halogens is 1. The number of hydrogen-bond acceptors (Lipinski definition) is 2. The van der Waals surface area contributed by atoms with E-state index < -0.39 is 0 Å². The van der Waals surface area contributed by atoms with Crippen LogP contribution >= 0.6 is 11.6 Å². The first kappa shape index (κ1) is 11.4. The Morgan fingerprint density at radius 1 is 1.60 bits per heavy atom. The lowest BCUT2D eigenvalue weighted by atomic mass is 10.2. The molecule has 0 aromatic heterocycles. The van der Waals surface area contributed by atoms with Crippen LogP contribution in [0.4, 0.5) is 5.69 Å². The molecule has 0 atom stereocenters. The molecule has 0 radical (unpaired) electrons. The smallest absolute Gasteiger partial charge is 0.217 e. The molecule has 0 aliphatic rings. The van der Waals surface area contributed by atoms with Crippen LogP contribution in [0.1, 0.15) is 12.5 Å². The monoisotopic (exact) mass is 222 g/mol. The summed E-state index contributed by atoms with van der Waals surface area (Å²) in [7, 11) is 0. The average Bonchev–Trinajstić information content (AvgIpc) is 2.17. The van der Waals surface area contributed by atoms with Gasteiger partial charge in [0.05, 0.1) is 11.6 Å². The highest BCUT2D eigenvalue weighted by atomic mass is 35.5. The number of amides is 1. The molecule has 1 amide bonds. The summed E-state index contributed by atoms with van der Waals surface area (Å²) in [5.41, 5.74) is 6.87. The molecule has 0 saturated carbocycles. The van der Waals surface area contributed by atoms with Gasteiger partial charge in [-0.3, -0.25) is 4.79 Å². The van der Waals surface area contributed by atoms with Crippen molar-refractivity contribution in [1.82, 2.24) is 5.32 Å². The zero-order valence-electron chi connectivity index (χ0n) is 8.30. The molecule has 0 heterocycles. The zero-order valence-corrected chi connectivity index (χ0v) is 9.06. The molecule has 1 aromatic rings. The molecule has 4 heteroatoms. The van der Waals surface area contributed by atoms with Crippen molar-refractivity contribution < 1.29 is 4.79 Å². The summed E-state index contributed by atoms with van der Waals surface area (Å²) < 4.78 is 0. The van der Waals surface area contributed by atoms with E-state index in [2.05, 4.69) is 17.2 Å². The molecule has 0 aliphatic carbocycles. The highest BCUT2D eigenvalue weighted by molar-refractivity contribution is 6.31. The lowest BCUT2D eigenvalue weighted by Gasteiger charge is -1.97. The molecule has 0 saturated heterocycles. The predicted octanol–water partition coefficient (Wildman–Crippen LogP) is 1.41. The first-order chi connectivity index (χ1) is 7.09. The van der Waals surface area contributed by atoms with E-state index in [1.165, 1.54) is 6.92 Å². The first-order valence-electron chi connectivity index (χ1n) is 4.38. The summed E-state index contributed by atoms with van der Waals surface area (Å²) in [5, 5.41) is 3.12. The minimum Gasteiger partial charge on any atom is -0.399 e. The Kier molecular flexibility index (Phi) is 4.02. The van der Waals surface area contributed by atoms with Crippen LogP contribution in [-0.4, -0.2) is 12.5 Å². The number of carbonyl (C=O) groups excluding carboxylic acids is 1. The van der Waals surface area contributed by atoms with Crippen molar-refractivity contribution in [3.63, 3.8) is 0 Å². The second-order valence-electron chi connectivity index (χ2n) is 2.95. The molecule has 0 unspecified atom stereocenters. The van der Waals surface area contributed by atoms with Crippen LogP contribution < -0.4 is 11.1 Å². The maximum Gasteiger partial charge on any atom is 0.217 e. The van der Waals surface area contributed by atoms with Crippen LogP contribution in [0.25, 0.3) is 0 Å². The third-order valence-corrected chi connectivity index (χ3v) is 1.97. The average molecular weight is 223 g/mol. The van der Waals surface area contributed by atoms with E-state index in [4.69, 9.17) is 17.3 Å². The molecule has 0 spiro atoms.